The summed E-state index contributed by atoms with van der Waals surface area (Å²) >= 11 is 0. The molecule has 128 valence electrons. The Hall–Kier alpha value is -1.48. The smallest absolute Gasteiger partial charge is 0.122 e. The number of hydrogen-bond donors (Lipinski definition) is 1. The zero-order valence-electron chi connectivity index (χ0n) is 15.4. The van der Waals surface area contributed by atoms with Crippen molar-refractivity contribution in [3.63, 3.8) is 0 Å². The molecule has 0 aliphatic heterocycles. The van der Waals surface area contributed by atoms with Crippen molar-refractivity contribution >= 4 is 10.9 Å². The van der Waals surface area contributed by atoms with E-state index in [1.807, 2.05) is 0 Å². The largest absolute Gasteiger partial charge is 0.493 e. The Morgan fingerprint density at radius 2 is 2.00 bits per heavy atom. The van der Waals surface area contributed by atoms with E-state index in [4.69, 9.17) is 4.74 Å². The molecule has 1 aromatic carbocycles. The van der Waals surface area contributed by atoms with E-state index in [0.717, 1.165) is 38.3 Å². The average molecular weight is 316 g/mol. The summed E-state index contributed by atoms with van der Waals surface area (Å²) in [5.74, 6) is 1.03. The highest BCUT2D eigenvalue weighted by atomic mass is 16.5. The number of nitrogens with one attached hydrogen (secondary N) is 1. The van der Waals surface area contributed by atoms with Crippen molar-refractivity contribution in [2.75, 3.05) is 19.7 Å². The van der Waals surface area contributed by atoms with E-state index in [2.05, 4.69) is 62.8 Å². The van der Waals surface area contributed by atoms with Gasteiger partial charge >= 0.3 is 0 Å². The lowest BCUT2D eigenvalue weighted by atomic mass is 10.1. The Labute approximate surface area is 141 Å². The van der Waals surface area contributed by atoms with Gasteiger partial charge in [-0.1, -0.05) is 20.3 Å². The Bertz CT molecular complexity index is 615. The van der Waals surface area contributed by atoms with Gasteiger partial charge in [0, 0.05) is 29.7 Å². The highest BCUT2D eigenvalue weighted by Crippen LogP contribution is 2.28. The number of rotatable bonds is 9. The molecule has 3 nitrogen and oxygen atoms in total. The SMILES string of the molecule is CCCCOc1cc2c(CCN(CC)C(C)C)c[nH]c2cc1C. The van der Waals surface area contributed by atoms with Crippen LogP contribution >= 0.6 is 0 Å². The number of unbranched alkanes of at least 4 members (excludes halogenated alkanes) is 1. The fraction of sp³-hybridized carbons (Fsp3) is 0.600. The third kappa shape index (κ3) is 4.51. The van der Waals surface area contributed by atoms with Gasteiger partial charge in [-0.25, -0.2) is 0 Å². The van der Waals surface area contributed by atoms with E-state index in [9.17, 15) is 0 Å². The van der Waals surface area contributed by atoms with Gasteiger partial charge in [0.05, 0.1) is 6.61 Å². The van der Waals surface area contributed by atoms with Gasteiger partial charge in [0.1, 0.15) is 5.75 Å². The lowest BCUT2D eigenvalue weighted by molar-refractivity contribution is 0.237. The van der Waals surface area contributed by atoms with E-state index < -0.39 is 0 Å². The van der Waals surface area contributed by atoms with Crippen molar-refractivity contribution in [2.45, 2.75) is 59.9 Å². The van der Waals surface area contributed by atoms with Crippen molar-refractivity contribution in [1.82, 2.24) is 9.88 Å². The van der Waals surface area contributed by atoms with Crippen molar-refractivity contribution in [1.29, 1.82) is 0 Å². The van der Waals surface area contributed by atoms with Gasteiger partial charge in [0.25, 0.3) is 0 Å². The van der Waals surface area contributed by atoms with E-state index in [-0.39, 0.29) is 0 Å². The fourth-order valence-electron chi connectivity index (χ4n) is 3.05. The quantitative estimate of drug-likeness (QED) is 0.665. The minimum Gasteiger partial charge on any atom is -0.493 e. The summed E-state index contributed by atoms with van der Waals surface area (Å²) < 4.78 is 5.97. The first-order chi connectivity index (χ1) is 11.1. The zero-order chi connectivity index (χ0) is 16.8. The molecule has 0 fully saturated rings. The molecule has 0 aliphatic rings. The monoisotopic (exact) mass is 316 g/mol. The minimum atomic E-state index is 0.598. The van der Waals surface area contributed by atoms with Gasteiger partial charge in [-0.2, -0.15) is 0 Å². The van der Waals surface area contributed by atoms with Gasteiger partial charge < -0.3 is 14.6 Å². The molecule has 0 atom stereocenters. The van der Waals surface area contributed by atoms with E-state index in [1.54, 1.807) is 0 Å². The second-order valence-corrected chi connectivity index (χ2v) is 6.65. The molecule has 0 saturated carbocycles. The second kappa shape index (κ2) is 8.39. The summed E-state index contributed by atoms with van der Waals surface area (Å²) in [6.07, 6.45) is 5.51. The summed E-state index contributed by atoms with van der Waals surface area (Å²) in [7, 11) is 0. The van der Waals surface area contributed by atoms with Crippen LogP contribution in [0.3, 0.4) is 0 Å². The number of H-pyrrole nitrogens is 1. The van der Waals surface area contributed by atoms with Gasteiger partial charge in [0.15, 0.2) is 0 Å². The number of aromatic nitrogens is 1. The summed E-state index contributed by atoms with van der Waals surface area (Å²) in [4.78, 5) is 5.93. The maximum absolute atomic E-state index is 5.97. The molecule has 1 aromatic heterocycles. The first-order valence-electron chi connectivity index (χ1n) is 9.04. The first kappa shape index (κ1) is 17.9. The average Bonchev–Trinajstić information content (AvgIpc) is 2.90. The summed E-state index contributed by atoms with van der Waals surface area (Å²) in [6, 6.07) is 5.03. The number of ether oxygens (including phenoxy) is 1. The van der Waals surface area contributed by atoms with Crippen molar-refractivity contribution in [2.24, 2.45) is 0 Å². The Kier molecular flexibility index (Phi) is 6.52. The first-order valence-corrected chi connectivity index (χ1v) is 9.04. The molecule has 1 N–H and O–H groups in total. The maximum atomic E-state index is 5.97. The van der Waals surface area contributed by atoms with E-state index in [1.165, 1.54) is 28.5 Å². The Balaban J connectivity index is 2.16. The molecular weight excluding hydrogens is 284 g/mol. The third-order valence-electron chi connectivity index (χ3n) is 4.62. The van der Waals surface area contributed by atoms with E-state index >= 15 is 0 Å². The van der Waals surface area contributed by atoms with Gasteiger partial charge in [-0.3, -0.25) is 0 Å². The van der Waals surface area contributed by atoms with Crippen molar-refractivity contribution in [3.05, 3.63) is 29.5 Å². The summed E-state index contributed by atoms with van der Waals surface area (Å²) in [5.41, 5.74) is 3.81. The molecular formula is C20H32N2O. The van der Waals surface area contributed by atoms with Crippen LogP contribution in [0.25, 0.3) is 10.9 Å². The van der Waals surface area contributed by atoms with Crippen LogP contribution in [0, 0.1) is 6.92 Å². The number of benzene rings is 1. The number of aryl methyl sites for hydroxylation is 1. The normalized spacial score (nSPS) is 11.8. The molecule has 0 spiro atoms. The van der Waals surface area contributed by atoms with Crippen LogP contribution in [0.4, 0.5) is 0 Å². The number of hydrogen-bond acceptors (Lipinski definition) is 2. The molecule has 23 heavy (non-hydrogen) atoms. The molecule has 0 amide bonds. The molecule has 0 bridgehead atoms. The minimum absolute atomic E-state index is 0.598. The molecule has 0 aliphatic carbocycles. The lowest BCUT2D eigenvalue weighted by Gasteiger charge is -2.24. The topological polar surface area (TPSA) is 28.3 Å². The highest BCUT2D eigenvalue weighted by molar-refractivity contribution is 5.85. The molecule has 0 saturated heterocycles. The van der Waals surface area contributed by atoms with Crippen molar-refractivity contribution < 1.29 is 4.74 Å². The summed E-state index contributed by atoms with van der Waals surface area (Å²) in [6.45, 7) is 14.1. The molecule has 0 unspecified atom stereocenters. The molecule has 0 radical (unpaired) electrons. The highest BCUT2D eigenvalue weighted by Gasteiger charge is 2.11. The van der Waals surface area contributed by atoms with Crippen LogP contribution in [0.2, 0.25) is 0 Å². The Morgan fingerprint density at radius 1 is 1.22 bits per heavy atom. The van der Waals surface area contributed by atoms with Gasteiger partial charge in [0.2, 0.25) is 0 Å². The Morgan fingerprint density at radius 3 is 2.65 bits per heavy atom. The number of aromatic amines is 1. The standard InChI is InChI=1S/C20H32N2O/c1-6-8-11-23-20-13-18-17(9-10-22(7-2)15(3)4)14-21-19(18)12-16(20)5/h12-15,21H,6-11H2,1-5H3. The number of likely N-dealkylation sites (N-methyl/N-ethyl adjacent to an activating group) is 1. The van der Waals surface area contributed by atoms with Crippen LogP contribution in [0.1, 0.15) is 51.7 Å². The zero-order valence-corrected chi connectivity index (χ0v) is 15.4. The predicted molar refractivity (Wildman–Crippen MR) is 99.5 cm³/mol. The van der Waals surface area contributed by atoms with Crippen LogP contribution in [0.15, 0.2) is 18.3 Å². The van der Waals surface area contributed by atoms with Crippen LogP contribution < -0.4 is 4.74 Å². The fourth-order valence-corrected chi connectivity index (χ4v) is 3.05. The molecule has 2 aromatic rings. The third-order valence-corrected chi connectivity index (χ3v) is 4.62. The van der Waals surface area contributed by atoms with Gasteiger partial charge in [-0.15, -0.1) is 0 Å². The van der Waals surface area contributed by atoms with Gasteiger partial charge in [-0.05, 0) is 63.4 Å². The van der Waals surface area contributed by atoms with Crippen LogP contribution in [-0.2, 0) is 6.42 Å². The number of fused-ring (bicyclic) bond motifs is 1. The van der Waals surface area contributed by atoms with Crippen molar-refractivity contribution in [3.8, 4) is 5.75 Å². The predicted octanol–water partition coefficient (Wildman–Crippen LogP) is 4.93. The molecule has 1 heterocycles. The lowest BCUT2D eigenvalue weighted by Crippen LogP contribution is -2.32. The summed E-state index contributed by atoms with van der Waals surface area (Å²) in [5, 5.41) is 1.31. The van der Waals surface area contributed by atoms with E-state index in [0.29, 0.717) is 6.04 Å². The number of nitrogens with zero attached hydrogens (tertiary/aromatic N) is 1. The molecule has 3 heteroatoms. The second-order valence-electron chi connectivity index (χ2n) is 6.65. The maximum Gasteiger partial charge on any atom is 0.122 e. The van der Waals surface area contributed by atoms with Crippen LogP contribution in [0.5, 0.6) is 5.75 Å². The van der Waals surface area contributed by atoms with Crippen LogP contribution in [-0.4, -0.2) is 35.6 Å². The molecule has 2 rings (SSSR count).